The molecule has 2 fully saturated rings. The van der Waals surface area contributed by atoms with Crippen molar-refractivity contribution in [2.75, 3.05) is 26.2 Å². The summed E-state index contributed by atoms with van der Waals surface area (Å²) >= 11 is 0. The van der Waals surface area contributed by atoms with Crippen molar-refractivity contribution in [1.29, 1.82) is 0 Å². The molecule has 88 valence electrons. The van der Waals surface area contributed by atoms with E-state index in [0.29, 0.717) is 0 Å². The third-order valence-electron chi connectivity index (χ3n) is 4.21. The second-order valence-electron chi connectivity index (χ2n) is 5.85. The fourth-order valence-electron chi connectivity index (χ4n) is 3.56. The van der Waals surface area contributed by atoms with Crippen LogP contribution < -0.4 is 5.32 Å². The lowest BCUT2D eigenvalue weighted by Gasteiger charge is -2.45. The van der Waals surface area contributed by atoms with E-state index in [-0.39, 0.29) is 0 Å². The zero-order valence-corrected chi connectivity index (χ0v) is 10.5. The van der Waals surface area contributed by atoms with Gasteiger partial charge in [-0.1, -0.05) is 20.8 Å². The molecule has 0 aromatic carbocycles. The van der Waals surface area contributed by atoms with Crippen molar-refractivity contribution in [1.82, 2.24) is 10.2 Å². The minimum Gasteiger partial charge on any atom is -0.316 e. The molecule has 0 amide bonds. The summed E-state index contributed by atoms with van der Waals surface area (Å²) in [6.07, 6.45) is 2.84. The summed E-state index contributed by atoms with van der Waals surface area (Å²) in [6.45, 7) is 12.3. The van der Waals surface area contributed by atoms with Crippen molar-refractivity contribution < 1.29 is 0 Å². The molecule has 2 rings (SSSR count). The van der Waals surface area contributed by atoms with Crippen LogP contribution in [0.3, 0.4) is 0 Å². The van der Waals surface area contributed by atoms with Crippen LogP contribution in [0, 0.1) is 17.8 Å². The van der Waals surface area contributed by atoms with Gasteiger partial charge >= 0.3 is 0 Å². The van der Waals surface area contributed by atoms with Crippen molar-refractivity contribution in [3.63, 3.8) is 0 Å². The molecular weight excluding hydrogens is 184 g/mol. The number of rotatable bonds is 1. The lowest BCUT2D eigenvalue weighted by Crippen LogP contribution is -2.55. The minimum absolute atomic E-state index is 0.819. The summed E-state index contributed by atoms with van der Waals surface area (Å²) in [5.74, 6) is 2.55. The molecule has 2 saturated heterocycles. The Labute approximate surface area is 94.4 Å². The van der Waals surface area contributed by atoms with E-state index in [1.165, 1.54) is 39.0 Å². The van der Waals surface area contributed by atoms with Gasteiger partial charge in [-0.05, 0) is 50.2 Å². The SMILES string of the molecule is CC1CCCN(C2C(C)CNCC2C)C1. The van der Waals surface area contributed by atoms with Crippen LogP contribution in [0.4, 0.5) is 0 Å². The summed E-state index contributed by atoms with van der Waals surface area (Å²) in [7, 11) is 0. The van der Waals surface area contributed by atoms with Crippen LogP contribution in [0.5, 0.6) is 0 Å². The first-order valence-electron chi connectivity index (χ1n) is 6.63. The molecule has 0 spiro atoms. The molecule has 0 bridgehead atoms. The van der Waals surface area contributed by atoms with Crippen LogP contribution in [0.25, 0.3) is 0 Å². The quantitative estimate of drug-likeness (QED) is 0.712. The summed E-state index contributed by atoms with van der Waals surface area (Å²) in [5.41, 5.74) is 0. The normalized spacial score (nSPS) is 44.2. The van der Waals surface area contributed by atoms with Gasteiger partial charge in [0, 0.05) is 12.6 Å². The maximum Gasteiger partial charge on any atom is 0.0171 e. The van der Waals surface area contributed by atoms with Crippen molar-refractivity contribution in [2.24, 2.45) is 17.8 Å². The van der Waals surface area contributed by atoms with Crippen molar-refractivity contribution in [3.05, 3.63) is 0 Å². The molecule has 0 aromatic heterocycles. The highest BCUT2D eigenvalue weighted by Gasteiger charge is 2.33. The zero-order chi connectivity index (χ0) is 10.8. The predicted octanol–water partition coefficient (Wildman–Crippen LogP) is 1.96. The fourth-order valence-corrected chi connectivity index (χ4v) is 3.56. The maximum absolute atomic E-state index is 3.54. The Morgan fingerprint density at radius 3 is 2.33 bits per heavy atom. The molecule has 2 nitrogen and oxygen atoms in total. The third-order valence-corrected chi connectivity index (χ3v) is 4.21. The molecule has 15 heavy (non-hydrogen) atoms. The van der Waals surface area contributed by atoms with Crippen LogP contribution in [0.2, 0.25) is 0 Å². The predicted molar refractivity (Wildman–Crippen MR) is 65.0 cm³/mol. The van der Waals surface area contributed by atoms with E-state index in [0.717, 1.165) is 23.8 Å². The van der Waals surface area contributed by atoms with E-state index in [2.05, 4.69) is 31.0 Å². The number of nitrogens with zero attached hydrogens (tertiary/aromatic N) is 1. The average molecular weight is 210 g/mol. The molecule has 2 heterocycles. The zero-order valence-electron chi connectivity index (χ0n) is 10.5. The summed E-state index contributed by atoms with van der Waals surface area (Å²) in [5, 5.41) is 3.54. The van der Waals surface area contributed by atoms with Crippen LogP contribution >= 0.6 is 0 Å². The Morgan fingerprint density at radius 2 is 1.73 bits per heavy atom. The van der Waals surface area contributed by atoms with Gasteiger partial charge in [0.2, 0.25) is 0 Å². The van der Waals surface area contributed by atoms with Crippen molar-refractivity contribution in [3.8, 4) is 0 Å². The number of likely N-dealkylation sites (tertiary alicyclic amines) is 1. The summed E-state index contributed by atoms with van der Waals surface area (Å²) < 4.78 is 0. The maximum atomic E-state index is 3.54. The monoisotopic (exact) mass is 210 g/mol. The van der Waals surface area contributed by atoms with Crippen molar-refractivity contribution >= 4 is 0 Å². The Hall–Kier alpha value is -0.0800. The Bertz CT molecular complexity index is 195. The molecule has 2 aliphatic rings. The molecule has 3 unspecified atom stereocenters. The average Bonchev–Trinajstić information content (AvgIpc) is 2.17. The third kappa shape index (κ3) is 2.54. The highest BCUT2D eigenvalue weighted by molar-refractivity contribution is 4.89. The Balaban J connectivity index is 1.99. The van der Waals surface area contributed by atoms with Gasteiger partial charge in [-0.25, -0.2) is 0 Å². The molecule has 2 heteroatoms. The molecule has 1 N–H and O–H groups in total. The fraction of sp³-hybridized carbons (Fsp3) is 1.00. The molecule has 0 saturated carbocycles. The van der Waals surface area contributed by atoms with Crippen LogP contribution in [0.15, 0.2) is 0 Å². The highest BCUT2D eigenvalue weighted by Crippen LogP contribution is 2.27. The second kappa shape index (κ2) is 4.84. The molecule has 0 radical (unpaired) electrons. The molecule has 3 atom stereocenters. The molecule has 0 aliphatic carbocycles. The highest BCUT2D eigenvalue weighted by atomic mass is 15.2. The second-order valence-corrected chi connectivity index (χ2v) is 5.85. The number of piperidine rings is 2. The van der Waals surface area contributed by atoms with E-state index < -0.39 is 0 Å². The van der Waals surface area contributed by atoms with Gasteiger partial charge in [0.25, 0.3) is 0 Å². The van der Waals surface area contributed by atoms with Crippen LogP contribution in [-0.4, -0.2) is 37.1 Å². The first-order chi connectivity index (χ1) is 7.18. The molecular formula is C13H26N2. The van der Waals surface area contributed by atoms with E-state index in [9.17, 15) is 0 Å². The van der Waals surface area contributed by atoms with Gasteiger partial charge in [0.05, 0.1) is 0 Å². The van der Waals surface area contributed by atoms with Crippen LogP contribution in [0.1, 0.15) is 33.6 Å². The lowest BCUT2D eigenvalue weighted by atomic mass is 9.84. The van der Waals surface area contributed by atoms with Gasteiger partial charge in [-0.3, -0.25) is 4.90 Å². The van der Waals surface area contributed by atoms with E-state index in [1.807, 2.05) is 0 Å². The van der Waals surface area contributed by atoms with Crippen molar-refractivity contribution in [2.45, 2.75) is 39.7 Å². The minimum atomic E-state index is 0.819. The van der Waals surface area contributed by atoms with Gasteiger partial charge in [0.1, 0.15) is 0 Å². The lowest BCUT2D eigenvalue weighted by molar-refractivity contribution is 0.0460. The van der Waals surface area contributed by atoms with Gasteiger partial charge in [-0.2, -0.15) is 0 Å². The van der Waals surface area contributed by atoms with E-state index in [1.54, 1.807) is 0 Å². The Kier molecular flexibility index (Phi) is 3.68. The summed E-state index contributed by atoms with van der Waals surface area (Å²) in [6, 6.07) is 0.828. The molecule has 0 aromatic rings. The van der Waals surface area contributed by atoms with Gasteiger partial charge in [0.15, 0.2) is 0 Å². The Morgan fingerprint density at radius 1 is 1.07 bits per heavy atom. The largest absolute Gasteiger partial charge is 0.316 e. The number of hydrogen-bond acceptors (Lipinski definition) is 2. The number of nitrogens with one attached hydrogen (secondary N) is 1. The van der Waals surface area contributed by atoms with Crippen LogP contribution in [-0.2, 0) is 0 Å². The van der Waals surface area contributed by atoms with E-state index >= 15 is 0 Å². The number of hydrogen-bond donors (Lipinski definition) is 1. The molecule has 2 aliphatic heterocycles. The van der Waals surface area contributed by atoms with Gasteiger partial charge in [-0.15, -0.1) is 0 Å². The van der Waals surface area contributed by atoms with Gasteiger partial charge < -0.3 is 5.32 Å². The summed E-state index contributed by atoms with van der Waals surface area (Å²) in [4.78, 5) is 2.77. The van der Waals surface area contributed by atoms with E-state index in [4.69, 9.17) is 0 Å². The topological polar surface area (TPSA) is 15.3 Å². The first kappa shape index (κ1) is 11.4. The smallest absolute Gasteiger partial charge is 0.0171 e. The standard InChI is InChI=1S/C13H26N2/c1-10-5-4-6-15(9-10)13-11(2)7-14-8-12(13)3/h10-14H,4-9H2,1-3H3. The first-order valence-corrected chi connectivity index (χ1v) is 6.63.